The van der Waals surface area contributed by atoms with Crippen LogP contribution in [0.1, 0.15) is 23.6 Å². The molecular formula is C19H24N2O3S. The summed E-state index contributed by atoms with van der Waals surface area (Å²) in [7, 11) is -3.60. The molecule has 0 aliphatic rings. The van der Waals surface area contributed by atoms with Crippen LogP contribution in [0.3, 0.4) is 0 Å². The summed E-state index contributed by atoms with van der Waals surface area (Å²) in [6, 6.07) is 14.0. The highest BCUT2D eigenvalue weighted by atomic mass is 32.2. The molecule has 2 aromatic rings. The number of benzene rings is 2. The van der Waals surface area contributed by atoms with Crippen LogP contribution in [-0.4, -0.2) is 26.6 Å². The first kappa shape index (κ1) is 19.0. The van der Waals surface area contributed by atoms with Gasteiger partial charge in [-0.05, 0) is 49.6 Å². The maximum absolute atomic E-state index is 12.6. The van der Waals surface area contributed by atoms with Crippen LogP contribution < -0.4 is 9.62 Å². The fraction of sp³-hybridized carbons (Fsp3) is 0.316. The Kier molecular flexibility index (Phi) is 5.85. The van der Waals surface area contributed by atoms with Crippen LogP contribution in [0.2, 0.25) is 0 Å². The Balaban J connectivity index is 2.20. The topological polar surface area (TPSA) is 66.5 Å². The van der Waals surface area contributed by atoms with Gasteiger partial charge in [0.25, 0.3) is 0 Å². The number of carbonyl (C=O) groups excluding carboxylic acids is 1. The van der Waals surface area contributed by atoms with Crippen LogP contribution in [0.15, 0.2) is 48.5 Å². The van der Waals surface area contributed by atoms with Gasteiger partial charge in [-0.15, -0.1) is 0 Å². The predicted molar refractivity (Wildman–Crippen MR) is 101 cm³/mol. The molecule has 0 aliphatic heterocycles. The molecule has 0 unspecified atom stereocenters. The summed E-state index contributed by atoms with van der Waals surface area (Å²) in [5, 5.41) is 2.83. The quantitative estimate of drug-likeness (QED) is 0.861. The standard InChI is InChI=1S/C19H24N2O3S/c1-14-8-7-11-18(12-14)21(25(4,23)24)16(3)19(22)20-13-17-10-6-5-9-15(17)2/h5-12,16H,13H2,1-4H3,(H,20,22)/t16-/m0/s1. The Morgan fingerprint density at radius 1 is 1.12 bits per heavy atom. The van der Waals surface area contributed by atoms with Gasteiger partial charge < -0.3 is 5.32 Å². The highest BCUT2D eigenvalue weighted by Crippen LogP contribution is 2.22. The molecular weight excluding hydrogens is 336 g/mol. The Morgan fingerprint density at radius 2 is 1.80 bits per heavy atom. The molecule has 0 fully saturated rings. The largest absolute Gasteiger partial charge is 0.350 e. The maximum atomic E-state index is 12.6. The number of carbonyl (C=O) groups is 1. The van der Waals surface area contributed by atoms with Gasteiger partial charge in [-0.25, -0.2) is 8.42 Å². The van der Waals surface area contributed by atoms with Crippen molar-refractivity contribution in [1.29, 1.82) is 0 Å². The Morgan fingerprint density at radius 3 is 2.40 bits per heavy atom. The second kappa shape index (κ2) is 7.70. The molecule has 0 aromatic heterocycles. The van der Waals surface area contributed by atoms with Gasteiger partial charge in [0, 0.05) is 6.54 Å². The summed E-state index contributed by atoms with van der Waals surface area (Å²) in [5.41, 5.74) is 3.50. The lowest BCUT2D eigenvalue weighted by molar-refractivity contribution is -0.122. The molecule has 0 aliphatic carbocycles. The number of sulfonamides is 1. The molecule has 134 valence electrons. The summed E-state index contributed by atoms with van der Waals surface area (Å²) < 4.78 is 25.7. The minimum atomic E-state index is -3.60. The molecule has 6 heteroatoms. The lowest BCUT2D eigenvalue weighted by atomic mass is 10.1. The van der Waals surface area contributed by atoms with Crippen molar-refractivity contribution in [1.82, 2.24) is 5.32 Å². The third kappa shape index (κ3) is 4.82. The smallest absolute Gasteiger partial charge is 0.243 e. The SMILES string of the molecule is Cc1cccc(N([C@@H](C)C(=O)NCc2ccccc2C)S(C)(=O)=O)c1. The van der Waals surface area contributed by atoms with E-state index in [9.17, 15) is 13.2 Å². The number of hydrogen-bond acceptors (Lipinski definition) is 3. The molecule has 2 rings (SSSR count). The summed E-state index contributed by atoms with van der Waals surface area (Å²) in [5.74, 6) is -0.338. The lowest BCUT2D eigenvalue weighted by Gasteiger charge is -2.28. The van der Waals surface area contributed by atoms with E-state index in [1.54, 1.807) is 25.1 Å². The first-order chi connectivity index (χ1) is 11.7. The van der Waals surface area contributed by atoms with E-state index in [4.69, 9.17) is 0 Å². The van der Waals surface area contributed by atoms with Crippen LogP contribution in [-0.2, 0) is 21.4 Å². The van der Waals surface area contributed by atoms with Crippen molar-refractivity contribution in [3.63, 3.8) is 0 Å². The van der Waals surface area contributed by atoms with E-state index in [1.807, 2.05) is 44.2 Å². The van der Waals surface area contributed by atoms with E-state index in [0.717, 1.165) is 27.3 Å². The molecule has 0 saturated carbocycles. The van der Waals surface area contributed by atoms with Crippen LogP contribution in [0.5, 0.6) is 0 Å². The first-order valence-corrected chi connectivity index (χ1v) is 9.93. The minimum Gasteiger partial charge on any atom is -0.350 e. The third-order valence-electron chi connectivity index (χ3n) is 4.06. The van der Waals surface area contributed by atoms with Gasteiger partial charge in [0.2, 0.25) is 15.9 Å². The third-order valence-corrected chi connectivity index (χ3v) is 5.30. The van der Waals surface area contributed by atoms with Gasteiger partial charge in [0.05, 0.1) is 11.9 Å². The van der Waals surface area contributed by atoms with E-state index >= 15 is 0 Å². The van der Waals surface area contributed by atoms with Crippen molar-refractivity contribution in [2.45, 2.75) is 33.4 Å². The number of nitrogens with one attached hydrogen (secondary N) is 1. The average molecular weight is 360 g/mol. The van der Waals surface area contributed by atoms with Crippen molar-refractivity contribution in [2.75, 3.05) is 10.6 Å². The molecule has 1 amide bonds. The summed E-state index contributed by atoms with van der Waals surface area (Å²) in [6.45, 7) is 5.81. The summed E-state index contributed by atoms with van der Waals surface area (Å²) >= 11 is 0. The number of amides is 1. The molecule has 1 atom stereocenters. The van der Waals surface area contributed by atoms with Crippen molar-refractivity contribution in [3.05, 3.63) is 65.2 Å². The van der Waals surface area contributed by atoms with Crippen LogP contribution in [0.25, 0.3) is 0 Å². The molecule has 25 heavy (non-hydrogen) atoms. The zero-order chi connectivity index (χ0) is 18.6. The maximum Gasteiger partial charge on any atom is 0.243 e. The van der Waals surface area contributed by atoms with E-state index < -0.39 is 16.1 Å². The summed E-state index contributed by atoms with van der Waals surface area (Å²) in [6.07, 6.45) is 1.11. The Labute approximate surface area is 149 Å². The van der Waals surface area contributed by atoms with Gasteiger partial charge in [-0.2, -0.15) is 0 Å². The first-order valence-electron chi connectivity index (χ1n) is 8.08. The molecule has 2 aromatic carbocycles. The van der Waals surface area contributed by atoms with Gasteiger partial charge in [0.15, 0.2) is 0 Å². The van der Waals surface area contributed by atoms with Crippen molar-refractivity contribution in [3.8, 4) is 0 Å². The molecule has 0 spiro atoms. The van der Waals surface area contributed by atoms with Crippen LogP contribution >= 0.6 is 0 Å². The highest BCUT2D eigenvalue weighted by Gasteiger charge is 2.29. The number of anilines is 1. The molecule has 0 radical (unpaired) electrons. The highest BCUT2D eigenvalue weighted by molar-refractivity contribution is 7.92. The minimum absolute atomic E-state index is 0.338. The Hall–Kier alpha value is -2.34. The zero-order valence-electron chi connectivity index (χ0n) is 15.0. The van der Waals surface area contributed by atoms with Crippen molar-refractivity contribution in [2.24, 2.45) is 0 Å². The number of nitrogens with zero attached hydrogens (tertiary/aromatic N) is 1. The zero-order valence-corrected chi connectivity index (χ0v) is 15.8. The van der Waals surface area contributed by atoms with E-state index in [-0.39, 0.29) is 5.91 Å². The monoisotopic (exact) mass is 360 g/mol. The van der Waals surface area contributed by atoms with Gasteiger partial charge in [-0.3, -0.25) is 9.10 Å². The molecule has 1 N–H and O–H groups in total. The number of aryl methyl sites for hydroxylation is 2. The average Bonchev–Trinajstić information content (AvgIpc) is 2.52. The molecule has 0 saturated heterocycles. The van der Waals surface area contributed by atoms with E-state index in [1.165, 1.54) is 0 Å². The molecule has 5 nitrogen and oxygen atoms in total. The fourth-order valence-corrected chi connectivity index (χ4v) is 3.88. The van der Waals surface area contributed by atoms with Crippen molar-refractivity contribution < 1.29 is 13.2 Å². The number of rotatable bonds is 6. The van der Waals surface area contributed by atoms with Crippen LogP contribution in [0.4, 0.5) is 5.69 Å². The fourth-order valence-electron chi connectivity index (χ4n) is 2.71. The van der Waals surface area contributed by atoms with Gasteiger partial charge >= 0.3 is 0 Å². The number of hydrogen-bond donors (Lipinski definition) is 1. The second-order valence-electron chi connectivity index (χ2n) is 6.22. The van der Waals surface area contributed by atoms with Crippen molar-refractivity contribution >= 4 is 21.6 Å². The van der Waals surface area contributed by atoms with Gasteiger partial charge in [0.1, 0.15) is 6.04 Å². The van der Waals surface area contributed by atoms with E-state index in [2.05, 4.69) is 5.32 Å². The summed E-state index contributed by atoms with van der Waals surface area (Å²) in [4.78, 5) is 12.6. The lowest BCUT2D eigenvalue weighted by Crippen LogP contribution is -2.47. The second-order valence-corrected chi connectivity index (χ2v) is 8.08. The molecule has 0 heterocycles. The predicted octanol–water partition coefficient (Wildman–Crippen LogP) is 2.77. The van der Waals surface area contributed by atoms with Crippen LogP contribution in [0, 0.1) is 13.8 Å². The Bertz CT molecular complexity index is 862. The van der Waals surface area contributed by atoms with E-state index in [0.29, 0.717) is 12.2 Å². The van der Waals surface area contributed by atoms with Gasteiger partial charge in [-0.1, -0.05) is 36.4 Å². The normalized spacial score (nSPS) is 12.5. The molecule has 0 bridgehead atoms.